The number of ether oxygens (including phenoxy) is 1. The predicted octanol–water partition coefficient (Wildman–Crippen LogP) is -4.14. The minimum absolute atomic E-state index is 0.0414. The van der Waals surface area contributed by atoms with Gasteiger partial charge in [0.1, 0.15) is 24.4 Å². The monoisotopic (exact) mass is 418 g/mol. The number of nitrogens with two attached hydrogens (primary N) is 1. The lowest BCUT2D eigenvalue weighted by Crippen LogP contribution is -2.59. The molecule has 4 unspecified atom stereocenters. The number of hydrogen-bond acceptors (Lipinski definition) is 11. The Bertz CT molecular complexity index is 659. The standard InChI is InChI=1S/C17H30N4O8/c18-3-9-4-21(20-19-9)10-1-8(6-23)17(16(28)13(10)25)29-11-2-7(5-22)12(24)15(27)14(11)26/h4,7-8,10-17,22-28H,1-3,5-6,18H2/t7?,8?,10-,11-,12-,13?,14?,15+,16-,17-/m1/s1. The van der Waals surface area contributed by atoms with E-state index in [1.54, 1.807) is 6.20 Å². The zero-order chi connectivity index (χ0) is 21.3. The smallest absolute Gasteiger partial charge is 0.109 e. The van der Waals surface area contributed by atoms with Crippen LogP contribution in [0.1, 0.15) is 24.6 Å². The summed E-state index contributed by atoms with van der Waals surface area (Å²) in [6, 6.07) is -0.663. The molecule has 1 aromatic heterocycles. The maximum absolute atomic E-state index is 10.7. The molecule has 9 N–H and O–H groups in total. The van der Waals surface area contributed by atoms with Gasteiger partial charge in [-0.15, -0.1) is 5.10 Å². The van der Waals surface area contributed by atoms with Crippen LogP contribution in [0.4, 0.5) is 0 Å². The van der Waals surface area contributed by atoms with Crippen LogP contribution in [0.2, 0.25) is 0 Å². The van der Waals surface area contributed by atoms with Gasteiger partial charge in [-0.3, -0.25) is 0 Å². The van der Waals surface area contributed by atoms with Crippen molar-refractivity contribution in [3.63, 3.8) is 0 Å². The Kier molecular flexibility index (Phi) is 7.19. The van der Waals surface area contributed by atoms with E-state index in [1.165, 1.54) is 4.68 Å². The summed E-state index contributed by atoms with van der Waals surface area (Å²) >= 11 is 0. The van der Waals surface area contributed by atoms with Crippen LogP contribution < -0.4 is 5.73 Å². The average Bonchev–Trinajstić information content (AvgIpc) is 3.20. The Balaban J connectivity index is 1.76. The van der Waals surface area contributed by atoms with E-state index in [0.29, 0.717) is 5.69 Å². The number of hydrogen-bond donors (Lipinski definition) is 8. The van der Waals surface area contributed by atoms with Crippen LogP contribution >= 0.6 is 0 Å². The molecule has 0 radical (unpaired) electrons. The first-order chi connectivity index (χ1) is 13.8. The van der Waals surface area contributed by atoms with Crippen molar-refractivity contribution in [1.29, 1.82) is 0 Å². The zero-order valence-electron chi connectivity index (χ0n) is 15.8. The van der Waals surface area contributed by atoms with Crippen molar-refractivity contribution in [2.45, 2.75) is 68.2 Å². The van der Waals surface area contributed by atoms with E-state index in [1.807, 2.05) is 0 Å². The highest BCUT2D eigenvalue weighted by atomic mass is 16.5. The summed E-state index contributed by atoms with van der Waals surface area (Å²) in [7, 11) is 0. The van der Waals surface area contributed by atoms with E-state index in [4.69, 9.17) is 10.5 Å². The van der Waals surface area contributed by atoms with E-state index in [2.05, 4.69) is 10.3 Å². The van der Waals surface area contributed by atoms with Crippen LogP contribution in [0.5, 0.6) is 0 Å². The lowest BCUT2D eigenvalue weighted by Gasteiger charge is -2.46. The van der Waals surface area contributed by atoms with Crippen molar-refractivity contribution in [1.82, 2.24) is 15.0 Å². The predicted molar refractivity (Wildman–Crippen MR) is 96.0 cm³/mol. The first-order valence-electron chi connectivity index (χ1n) is 9.70. The normalized spacial score (nSPS) is 43.4. The summed E-state index contributed by atoms with van der Waals surface area (Å²) < 4.78 is 7.22. The molecule has 0 spiro atoms. The number of aliphatic hydroxyl groups excluding tert-OH is 7. The Hall–Kier alpha value is -1.22. The molecule has 2 saturated carbocycles. The van der Waals surface area contributed by atoms with Gasteiger partial charge in [-0.1, -0.05) is 5.21 Å². The number of nitrogens with zero attached hydrogens (tertiary/aromatic N) is 3. The first-order valence-corrected chi connectivity index (χ1v) is 9.70. The van der Waals surface area contributed by atoms with E-state index < -0.39 is 67.2 Å². The van der Waals surface area contributed by atoms with Gasteiger partial charge >= 0.3 is 0 Å². The van der Waals surface area contributed by atoms with Crippen molar-refractivity contribution >= 4 is 0 Å². The van der Waals surface area contributed by atoms with Crippen LogP contribution in [-0.2, 0) is 11.3 Å². The quantitative estimate of drug-likeness (QED) is 0.222. The summed E-state index contributed by atoms with van der Waals surface area (Å²) in [5.74, 6) is -1.32. The van der Waals surface area contributed by atoms with Gasteiger partial charge in [-0.05, 0) is 12.8 Å². The number of aliphatic hydroxyl groups is 7. The molecular formula is C17H30N4O8. The van der Waals surface area contributed by atoms with Crippen LogP contribution in [0.3, 0.4) is 0 Å². The molecule has 166 valence electrons. The molecular weight excluding hydrogens is 388 g/mol. The van der Waals surface area contributed by atoms with E-state index >= 15 is 0 Å². The average molecular weight is 418 g/mol. The van der Waals surface area contributed by atoms with E-state index in [-0.39, 0.29) is 26.0 Å². The molecule has 1 heterocycles. The third-order valence-corrected chi connectivity index (χ3v) is 6.10. The molecule has 3 rings (SSSR count). The molecule has 12 nitrogen and oxygen atoms in total. The van der Waals surface area contributed by atoms with Crippen molar-refractivity contribution in [2.24, 2.45) is 17.6 Å². The van der Waals surface area contributed by atoms with Crippen molar-refractivity contribution in [3.8, 4) is 0 Å². The fourth-order valence-corrected chi connectivity index (χ4v) is 4.29. The minimum atomic E-state index is -1.53. The Morgan fingerprint density at radius 3 is 2.21 bits per heavy atom. The highest BCUT2D eigenvalue weighted by Gasteiger charge is 2.49. The highest BCUT2D eigenvalue weighted by Crippen LogP contribution is 2.37. The van der Waals surface area contributed by atoms with Crippen molar-refractivity contribution < 1.29 is 40.5 Å². The molecule has 0 bridgehead atoms. The molecule has 0 saturated heterocycles. The van der Waals surface area contributed by atoms with Crippen molar-refractivity contribution in [2.75, 3.05) is 13.2 Å². The van der Waals surface area contributed by atoms with Crippen LogP contribution in [0.15, 0.2) is 6.20 Å². The molecule has 12 heteroatoms. The second-order valence-electron chi connectivity index (χ2n) is 7.91. The lowest BCUT2D eigenvalue weighted by molar-refractivity contribution is -0.231. The second kappa shape index (κ2) is 9.29. The first kappa shape index (κ1) is 22.5. The molecule has 0 amide bonds. The van der Waals surface area contributed by atoms with Crippen LogP contribution in [-0.4, -0.2) is 107 Å². The fourth-order valence-electron chi connectivity index (χ4n) is 4.29. The summed E-state index contributed by atoms with van der Waals surface area (Å²) in [5.41, 5.74) is 6.04. The molecule has 10 atom stereocenters. The van der Waals surface area contributed by atoms with Gasteiger partial charge in [-0.25, -0.2) is 4.68 Å². The van der Waals surface area contributed by atoms with Crippen LogP contribution in [0.25, 0.3) is 0 Å². The van der Waals surface area contributed by atoms with Crippen LogP contribution in [0, 0.1) is 11.8 Å². The van der Waals surface area contributed by atoms with Gasteiger partial charge in [0.05, 0.1) is 36.2 Å². The largest absolute Gasteiger partial charge is 0.396 e. The summed E-state index contributed by atoms with van der Waals surface area (Å²) in [6.45, 7) is -0.608. The second-order valence-corrected chi connectivity index (χ2v) is 7.91. The molecule has 0 aliphatic heterocycles. The zero-order valence-corrected chi connectivity index (χ0v) is 15.8. The third-order valence-electron chi connectivity index (χ3n) is 6.10. The minimum Gasteiger partial charge on any atom is -0.396 e. The molecule has 29 heavy (non-hydrogen) atoms. The highest BCUT2D eigenvalue weighted by molar-refractivity contribution is 5.01. The summed E-state index contributed by atoms with van der Waals surface area (Å²) in [6.07, 6.45) is -7.21. The third kappa shape index (κ3) is 4.31. The number of rotatable bonds is 6. The van der Waals surface area contributed by atoms with Gasteiger partial charge in [0.15, 0.2) is 0 Å². The molecule has 0 aromatic carbocycles. The maximum atomic E-state index is 10.7. The van der Waals surface area contributed by atoms with Gasteiger partial charge in [0.2, 0.25) is 0 Å². The molecule has 2 aliphatic carbocycles. The van der Waals surface area contributed by atoms with Gasteiger partial charge in [-0.2, -0.15) is 0 Å². The lowest BCUT2D eigenvalue weighted by atomic mass is 9.78. The molecule has 2 aliphatic rings. The SMILES string of the molecule is NCc1cn([C@@H]2CC(CO)[C@@H](O[C@@H]3CC(CO)[C@@H](O)[C@H](O)C3O)[C@H](O)C2O)nn1. The Morgan fingerprint density at radius 1 is 0.931 bits per heavy atom. The topological polar surface area (TPSA) is 208 Å². The molecule has 1 aromatic rings. The summed E-state index contributed by atoms with van der Waals surface area (Å²) in [5, 5.41) is 78.5. The van der Waals surface area contributed by atoms with Gasteiger partial charge in [0.25, 0.3) is 0 Å². The van der Waals surface area contributed by atoms with Gasteiger partial charge < -0.3 is 46.2 Å². The Labute approximate surface area is 167 Å². The van der Waals surface area contributed by atoms with E-state index in [0.717, 1.165) is 0 Å². The van der Waals surface area contributed by atoms with Crippen molar-refractivity contribution in [3.05, 3.63) is 11.9 Å². The Morgan fingerprint density at radius 2 is 1.62 bits per heavy atom. The van der Waals surface area contributed by atoms with Gasteiger partial charge in [0, 0.05) is 31.6 Å². The fraction of sp³-hybridized carbons (Fsp3) is 0.882. The van der Waals surface area contributed by atoms with E-state index in [9.17, 15) is 35.7 Å². The number of aromatic nitrogens is 3. The maximum Gasteiger partial charge on any atom is 0.109 e. The molecule has 2 fully saturated rings. The summed E-state index contributed by atoms with van der Waals surface area (Å²) in [4.78, 5) is 0.